The molecule has 2 aromatic heterocycles. The predicted octanol–water partition coefficient (Wildman–Crippen LogP) is 1.90. The first-order chi connectivity index (χ1) is 17.0. The lowest BCUT2D eigenvalue weighted by molar-refractivity contribution is -0.129. The molecule has 1 aromatic carbocycles. The second kappa shape index (κ2) is 9.88. The number of nitrogens with two attached hydrogens (primary N) is 1. The molecule has 2 atom stereocenters. The summed E-state index contributed by atoms with van der Waals surface area (Å²) in [4.78, 5) is 29.3. The first kappa shape index (κ1) is 23.1. The van der Waals surface area contributed by atoms with E-state index < -0.39 is 6.23 Å². The van der Waals surface area contributed by atoms with Crippen LogP contribution in [0, 0.1) is 5.92 Å². The number of aliphatic hydroxyl groups excluding tert-OH is 1. The summed E-state index contributed by atoms with van der Waals surface area (Å²) in [6.07, 6.45) is 3.51. The number of aromatic nitrogens is 4. The summed E-state index contributed by atoms with van der Waals surface area (Å²) in [5.74, 6) is 0.246. The van der Waals surface area contributed by atoms with Crippen molar-refractivity contribution in [2.45, 2.75) is 19.1 Å². The predicted molar refractivity (Wildman–Crippen MR) is 133 cm³/mol. The van der Waals surface area contributed by atoms with Gasteiger partial charge in [0.05, 0.1) is 19.5 Å². The Labute approximate surface area is 203 Å². The number of nitrogen functional groups attached to an aromatic ring is 1. The zero-order chi connectivity index (χ0) is 24.4. The molecule has 2 fully saturated rings. The van der Waals surface area contributed by atoms with Gasteiger partial charge in [-0.3, -0.25) is 9.36 Å². The van der Waals surface area contributed by atoms with E-state index in [9.17, 15) is 9.90 Å². The quantitative estimate of drug-likeness (QED) is 0.454. The number of likely N-dealkylation sites (tertiary alicyclic amines) is 1. The zero-order valence-electron chi connectivity index (χ0n) is 19.5. The fourth-order valence-electron chi connectivity index (χ4n) is 4.70. The van der Waals surface area contributed by atoms with Gasteiger partial charge in [-0.15, -0.1) is 0 Å². The van der Waals surface area contributed by atoms with Gasteiger partial charge in [0, 0.05) is 43.5 Å². The second-order valence-corrected chi connectivity index (χ2v) is 8.83. The van der Waals surface area contributed by atoms with Crippen molar-refractivity contribution in [1.82, 2.24) is 24.4 Å². The molecule has 3 aromatic rings. The molecule has 184 valence electrons. The molecule has 35 heavy (non-hydrogen) atoms. The number of imidazole rings is 1. The fourth-order valence-corrected chi connectivity index (χ4v) is 4.70. The number of piperidine rings is 1. The van der Waals surface area contributed by atoms with Crippen molar-refractivity contribution in [3.05, 3.63) is 43.2 Å². The number of fused-ring (bicyclic) bond motifs is 1. The molecule has 4 heterocycles. The second-order valence-electron chi connectivity index (χ2n) is 8.83. The van der Waals surface area contributed by atoms with E-state index in [-0.39, 0.29) is 17.6 Å². The molecule has 0 spiro atoms. The summed E-state index contributed by atoms with van der Waals surface area (Å²) in [5, 5.41) is 14.4. The minimum atomic E-state index is -0.907. The first-order valence-electron chi connectivity index (χ1n) is 11.8. The molecule has 11 heteroatoms. The molecule has 0 aliphatic carbocycles. The number of nitrogens with one attached hydrogen (secondary N) is 1. The maximum Gasteiger partial charge on any atom is 0.245 e. The number of benzene rings is 1. The standard InChI is InChI=1S/C24H30N8O3/c1-2-19(33)31-9-3-4-16(14-31)23(34)32-15-26-20-21(25)28-24(29-22(20)32)27-17-5-7-18(8-6-17)30-10-12-35-13-11-30/h2,5-8,15-16,23,34H,1,3-4,9-14H2,(H3,25,27,28,29). The lowest BCUT2D eigenvalue weighted by Gasteiger charge is -2.34. The highest BCUT2D eigenvalue weighted by molar-refractivity contribution is 5.87. The fraction of sp³-hybridized carbons (Fsp3) is 0.417. The third-order valence-corrected chi connectivity index (χ3v) is 6.60. The Morgan fingerprint density at radius 3 is 2.74 bits per heavy atom. The Balaban J connectivity index is 1.35. The van der Waals surface area contributed by atoms with E-state index in [1.165, 1.54) is 12.4 Å². The number of hydrogen-bond acceptors (Lipinski definition) is 9. The Bertz CT molecular complexity index is 1210. The number of rotatable bonds is 6. The normalized spacial score (nSPS) is 19.5. The Morgan fingerprint density at radius 1 is 1.23 bits per heavy atom. The van der Waals surface area contributed by atoms with E-state index in [4.69, 9.17) is 10.5 Å². The molecule has 11 nitrogen and oxygen atoms in total. The van der Waals surface area contributed by atoms with Crippen LogP contribution in [-0.4, -0.2) is 74.8 Å². The van der Waals surface area contributed by atoms with E-state index >= 15 is 0 Å². The molecule has 2 saturated heterocycles. The molecule has 0 saturated carbocycles. The lowest BCUT2D eigenvalue weighted by Crippen LogP contribution is -2.41. The van der Waals surface area contributed by atoms with Gasteiger partial charge in [-0.05, 0) is 43.2 Å². The van der Waals surface area contributed by atoms with Gasteiger partial charge >= 0.3 is 0 Å². The highest BCUT2D eigenvalue weighted by Crippen LogP contribution is 2.30. The van der Waals surface area contributed by atoms with Crippen LogP contribution >= 0.6 is 0 Å². The average molecular weight is 479 g/mol. The highest BCUT2D eigenvalue weighted by Gasteiger charge is 2.30. The monoisotopic (exact) mass is 478 g/mol. The van der Waals surface area contributed by atoms with Crippen LogP contribution in [0.4, 0.5) is 23.1 Å². The van der Waals surface area contributed by atoms with Crippen molar-refractivity contribution in [3.8, 4) is 0 Å². The third-order valence-electron chi connectivity index (χ3n) is 6.60. The van der Waals surface area contributed by atoms with Crippen molar-refractivity contribution in [3.63, 3.8) is 0 Å². The van der Waals surface area contributed by atoms with Crippen molar-refractivity contribution >= 4 is 40.2 Å². The van der Waals surface area contributed by atoms with E-state index in [2.05, 4.69) is 31.7 Å². The van der Waals surface area contributed by atoms with E-state index in [0.29, 0.717) is 30.2 Å². The molecule has 1 amide bonds. The molecular weight excluding hydrogens is 448 g/mol. The number of morpholine rings is 1. The number of hydrogen-bond donors (Lipinski definition) is 3. The Hall–Kier alpha value is -3.70. The number of nitrogens with zero attached hydrogens (tertiary/aromatic N) is 6. The van der Waals surface area contributed by atoms with Crippen molar-refractivity contribution in [1.29, 1.82) is 0 Å². The minimum absolute atomic E-state index is 0.130. The van der Waals surface area contributed by atoms with Gasteiger partial charge in [0.2, 0.25) is 11.9 Å². The summed E-state index contributed by atoms with van der Waals surface area (Å²) in [5.41, 5.74) is 8.98. The Morgan fingerprint density at radius 2 is 2.00 bits per heavy atom. The number of carbonyl (C=O) groups is 1. The van der Waals surface area contributed by atoms with Gasteiger partial charge < -0.3 is 30.7 Å². The number of ether oxygens (including phenoxy) is 1. The van der Waals surface area contributed by atoms with Crippen LogP contribution in [0.3, 0.4) is 0 Å². The number of anilines is 4. The van der Waals surface area contributed by atoms with Crippen LogP contribution in [0.25, 0.3) is 11.2 Å². The SMILES string of the molecule is C=CC(=O)N1CCCC(C(O)n2cnc3c(N)nc(Nc4ccc(N5CCOCC5)cc4)nc32)C1. The van der Waals surface area contributed by atoms with Crippen LogP contribution < -0.4 is 16.0 Å². The molecular formula is C24H30N8O3. The lowest BCUT2D eigenvalue weighted by atomic mass is 9.96. The largest absolute Gasteiger partial charge is 0.382 e. The summed E-state index contributed by atoms with van der Waals surface area (Å²) in [6, 6.07) is 8.02. The van der Waals surface area contributed by atoms with E-state index in [1.54, 1.807) is 9.47 Å². The van der Waals surface area contributed by atoms with Gasteiger partial charge in [-0.25, -0.2) is 4.98 Å². The zero-order valence-corrected chi connectivity index (χ0v) is 19.5. The summed E-state index contributed by atoms with van der Waals surface area (Å²) in [7, 11) is 0. The van der Waals surface area contributed by atoms with Gasteiger partial charge in [0.25, 0.3) is 0 Å². The van der Waals surface area contributed by atoms with E-state index in [1.807, 2.05) is 24.3 Å². The maximum absolute atomic E-state index is 12.1. The van der Waals surface area contributed by atoms with Crippen LogP contribution in [0.5, 0.6) is 0 Å². The summed E-state index contributed by atoms with van der Waals surface area (Å²) in [6.45, 7) is 7.87. The molecule has 0 bridgehead atoms. The van der Waals surface area contributed by atoms with Crippen molar-refractivity contribution < 1.29 is 14.6 Å². The highest BCUT2D eigenvalue weighted by atomic mass is 16.5. The maximum atomic E-state index is 12.1. The first-order valence-corrected chi connectivity index (χ1v) is 11.8. The van der Waals surface area contributed by atoms with Gasteiger partial charge in [-0.1, -0.05) is 6.58 Å². The topological polar surface area (TPSA) is 135 Å². The molecule has 0 radical (unpaired) electrons. The van der Waals surface area contributed by atoms with Gasteiger partial charge in [-0.2, -0.15) is 9.97 Å². The molecule has 2 unspecified atom stereocenters. The number of carbonyl (C=O) groups excluding carboxylic acids is 1. The molecule has 5 rings (SSSR count). The van der Waals surface area contributed by atoms with Gasteiger partial charge in [0.15, 0.2) is 11.5 Å². The van der Waals surface area contributed by atoms with E-state index in [0.717, 1.165) is 50.5 Å². The Kier molecular flexibility index (Phi) is 6.51. The number of aliphatic hydroxyl groups is 1. The van der Waals surface area contributed by atoms with Crippen molar-refractivity contribution in [2.24, 2.45) is 5.92 Å². The average Bonchev–Trinajstić information content (AvgIpc) is 3.33. The van der Waals surface area contributed by atoms with Crippen molar-refractivity contribution in [2.75, 3.05) is 55.3 Å². The molecule has 2 aliphatic rings. The van der Waals surface area contributed by atoms with Crippen LogP contribution in [0.1, 0.15) is 19.1 Å². The minimum Gasteiger partial charge on any atom is -0.382 e. The molecule has 2 aliphatic heterocycles. The van der Waals surface area contributed by atoms with Crippen LogP contribution in [0.15, 0.2) is 43.2 Å². The molecule has 4 N–H and O–H groups in total. The summed E-state index contributed by atoms with van der Waals surface area (Å²) >= 11 is 0. The summed E-state index contributed by atoms with van der Waals surface area (Å²) < 4.78 is 7.02. The van der Waals surface area contributed by atoms with Crippen LogP contribution in [0.2, 0.25) is 0 Å². The smallest absolute Gasteiger partial charge is 0.245 e. The third kappa shape index (κ3) is 4.77. The number of amides is 1. The van der Waals surface area contributed by atoms with Crippen LogP contribution in [-0.2, 0) is 9.53 Å². The van der Waals surface area contributed by atoms with Gasteiger partial charge in [0.1, 0.15) is 11.7 Å².